The van der Waals surface area contributed by atoms with Crippen LogP contribution in [0.5, 0.6) is 0 Å². The third-order valence-corrected chi connectivity index (χ3v) is 8.14. The summed E-state index contributed by atoms with van der Waals surface area (Å²) in [5.74, 6) is -0.149. The molecule has 1 unspecified atom stereocenters. The van der Waals surface area contributed by atoms with Crippen molar-refractivity contribution in [1.29, 1.82) is 0 Å². The summed E-state index contributed by atoms with van der Waals surface area (Å²) in [6.07, 6.45) is 9.10. The second-order valence-corrected chi connectivity index (χ2v) is 10.3. The minimum atomic E-state index is -3.83. The Hall–Kier alpha value is -2.45. The van der Waals surface area contributed by atoms with Crippen LogP contribution in [0.1, 0.15) is 55.5 Å². The van der Waals surface area contributed by atoms with Crippen molar-refractivity contribution < 1.29 is 17.7 Å². The van der Waals surface area contributed by atoms with E-state index in [0.29, 0.717) is 25.1 Å². The molecule has 0 spiro atoms. The largest absolute Gasteiger partial charge is 0.355 e. The first-order chi connectivity index (χ1) is 14.9. The zero-order valence-electron chi connectivity index (χ0n) is 17.8. The number of rotatable bonds is 6. The minimum absolute atomic E-state index is 0.0296. The second kappa shape index (κ2) is 9.36. The van der Waals surface area contributed by atoms with Crippen LogP contribution in [0.4, 0.5) is 0 Å². The lowest BCUT2D eigenvalue weighted by molar-refractivity contribution is -0.126. The van der Waals surface area contributed by atoms with E-state index in [1.807, 2.05) is 30.3 Å². The number of hydrogen-bond donors (Lipinski definition) is 1. The van der Waals surface area contributed by atoms with Crippen LogP contribution in [0.15, 0.2) is 39.8 Å². The van der Waals surface area contributed by atoms with Crippen LogP contribution >= 0.6 is 0 Å². The highest BCUT2D eigenvalue weighted by molar-refractivity contribution is 7.89. The fraction of sp³-hybridized carbons (Fsp3) is 0.478. The molecule has 166 valence electrons. The molecular formula is C23H29N3O4S. The number of nitrogens with one attached hydrogen (secondary N) is 1. The fourth-order valence-electron chi connectivity index (χ4n) is 4.43. The molecule has 2 aromatic rings. The number of benzene rings is 1. The summed E-state index contributed by atoms with van der Waals surface area (Å²) < 4.78 is 33.7. The molecule has 1 aliphatic carbocycles. The van der Waals surface area contributed by atoms with Gasteiger partial charge in [0.2, 0.25) is 15.9 Å². The summed E-state index contributed by atoms with van der Waals surface area (Å²) in [4.78, 5) is 12.8. The third-order valence-electron chi connectivity index (χ3n) is 6.11. The van der Waals surface area contributed by atoms with E-state index in [2.05, 4.69) is 10.5 Å². The predicted molar refractivity (Wildman–Crippen MR) is 118 cm³/mol. The molecule has 2 heterocycles. The van der Waals surface area contributed by atoms with Crippen molar-refractivity contribution in [2.75, 3.05) is 13.1 Å². The van der Waals surface area contributed by atoms with Gasteiger partial charge in [-0.25, -0.2) is 8.42 Å². The molecule has 31 heavy (non-hydrogen) atoms. The number of aromatic nitrogens is 1. The average molecular weight is 444 g/mol. The van der Waals surface area contributed by atoms with E-state index in [0.717, 1.165) is 31.2 Å². The van der Waals surface area contributed by atoms with Crippen LogP contribution in [0.25, 0.3) is 12.2 Å². The van der Waals surface area contributed by atoms with Gasteiger partial charge >= 0.3 is 0 Å². The van der Waals surface area contributed by atoms with Gasteiger partial charge in [-0.3, -0.25) is 4.79 Å². The molecule has 7 nitrogen and oxygen atoms in total. The van der Waals surface area contributed by atoms with Crippen molar-refractivity contribution in [3.05, 3.63) is 47.3 Å². The van der Waals surface area contributed by atoms with Crippen molar-refractivity contribution in [3.63, 3.8) is 0 Å². The Morgan fingerprint density at radius 1 is 1.13 bits per heavy atom. The van der Waals surface area contributed by atoms with Gasteiger partial charge in [-0.1, -0.05) is 54.4 Å². The van der Waals surface area contributed by atoms with E-state index in [1.165, 1.54) is 4.31 Å². The summed E-state index contributed by atoms with van der Waals surface area (Å²) in [5.41, 5.74) is 1.26. The Bertz CT molecular complexity index is 1040. The number of aryl methyl sites for hydroxylation is 1. The molecule has 4 rings (SSSR count). The molecule has 0 radical (unpaired) electrons. The van der Waals surface area contributed by atoms with Gasteiger partial charge in [-0.2, -0.15) is 4.31 Å². The molecule has 2 fully saturated rings. The van der Waals surface area contributed by atoms with Crippen molar-refractivity contribution in [1.82, 2.24) is 14.8 Å². The van der Waals surface area contributed by atoms with Gasteiger partial charge in [0.1, 0.15) is 5.69 Å². The van der Waals surface area contributed by atoms with E-state index in [1.54, 1.807) is 19.1 Å². The summed E-state index contributed by atoms with van der Waals surface area (Å²) in [5, 5.41) is 7.02. The number of sulfonamides is 1. The maximum atomic E-state index is 13.5. The molecule has 1 saturated heterocycles. The molecular weight excluding hydrogens is 414 g/mol. The van der Waals surface area contributed by atoms with Gasteiger partial charge in [-0.05, 0) is 44.2 Å². The summed E-state index contributed by atoms with van der Waals surface area (Å²) in [6, 6.07) is 9.81. The molecule has 1 aromatic heterocycles. The predicted octanol–water partition coefficient (Wildman–Crippen LogP) is 3.61. The minimum Gasteiger partial charge on any atom is -0.355 e. The Balaban J connectivity index is 1.52. The molecule has 1 aromatic carbocycles. The maximum Gasteiger partial charge on any atom is 0.248 e. The number of carbonyl (C=O) groups is 1. The molecule has 0 bridgehead atoms. The highest BCUT2D eigenvalue weighted by atomic mass is 32.2. The Morgan fingerprint density at radius 2 is 1.87 bits per heavy atom. The lowest BCUT2D eigenvalue weighted by Gasteiger charge is -2.31. The van der Waals surface area contributed by atoms with Crippen molar-refractivity contribution in [2.45, 2.75) is 56.4 Å². The lowest BCUT2D eigenvalue weighted by atomic mass is 9.98. The first-order valence-corrected chi connectivity index (χ1v) is 12.4. The monoisotopic (exact) mass is 443 g/mol. The number of carbonyl (C=O) groups excluding carboxylic acids is 1. The van der Waals surface area contributed by atoms with Crippen molar-refractivity contribution in [2.24, 2.45) is 5.92 Å². The maximum absolute atomic E-state index is 13.5. The van der Waals surface area contributed by atoms with Crippen molar-refractivity contribution >= 4 is 28.1 Å². The van der Waals surface area contributed by atoms with Crippen molar-refractivity contribution in [3.8, 4) is 0 Å². The summed E-state index contributed by atoms with van der Waals surface area (Å²) in [7, 11) is -3.83. The van der Waals surface area contributed by atoms with E-state index < -0.39 is 10.0 Å². The quantitative estimate of drug-likeness (QED) is 0.736. The second-order valence-electron chi connectivity index (χ2n) is 8.40. The Labute approximate surface area is 183 Å². The van der Waals surface area contributed by atoms with E-state index >= 15 is 0 Å². The highest BCUT2D eigenvalue weighted by Gasteiger charge is 2.37. The number of piperidine rings is 1. The number of hydrogen-bond acceptors (Lipinski definition) is 5. The molecule has 8 heteroatoms. The molecule has 2 aliphatic rings. The van der Waals surface area contributed by atoms with Gasteiger partial charge < -0.3 is 9.84 Å². The van der Waals surface area contributed by atoms with Crippen LogP contribution < -0.4 is 5.32 Å². The van der Waals surface area contributed by atoms with Gasteiger partial charge in [0.25, 0.3) is 0 Å². The van der Waals surface area contributed by atoms with Gasteiger partial charge in [0.05, 0.1) is 5.92 Å². The topological polar surface area (TPSA) is 92.5 Å². The SMILES string of the molecule is Cc1noc(C=Cc2ccccc2)c1S(=O)(=O)N1CCCC(C(=O)NC2CCCC2)C1. The van der Waals surface area contributed by atoms with Crippen LogP contribution in [-0.4, -0.2) is 42.9 Å². The van der Waals surface area contributed by atoms with Gasteiger partial charge in [0.15, 0.2) is 10.7 Å². The normalized spacial score (nSPS) is 21.0. The number of nitrogens with zero attached hydrogens (tertiary/aromatic N) is 2. The number of amides is 1. The molecule has 1 atom stereocenters. The van der Waals surface area contributed by atoms with E-state index in [-0.39, 0.29) is 35.1 Å². The average Bonchev–Trinajstić information content (AvgIpc) is 3.42. The Morgan fingerprint density at radius 3 is 2.61 bits per heavy atom. The molecule has 1 amide bonds. The smallest absolute Gasteiger partial charge is 0.248 e. The summed E-state index contributed by atoms with van der Waals surface area (Å²) in [6.45, 7) is 2.21. The van der Waals surface area contributed by atoms with Crippen LogP contribution in [-0.2, 0) is 14.8 Å². The first kappa shape index (κ1) is 21.8. The van der Waals surface area contributed by atoms with Crippen LogP contribution in [0.3, 0.4) is 0 Å². The third kappa shape index (κ3) is 4.91. The highest BCUT2D eigenvalue weighted by Crippen LogP contribution is 2.29. The standard InChI is InChI=1S/C23H29N3O4S/c1-17-22(21(30-25-17)14-13-18-8-3-2-4-9-18)31(28,29)26-15-7-10-19(16-26)23(27)24-20-11-5-6-12-20/h2-4,8-9,13-14,19-20H,5-7,10-12,15-16H2,1H3,(H,24,27). The van der Waals surface area contributed by atoms with Crippen LogP contribution in [0, 0.1) is 12.8 Å². The fourth-order valence-corrected chi connectivity index (χ4v) is 6.20. The zero-order chi connectivity index (χ0) is 21.8. The molecule has 1 saturated carbocycles. The lowest BCUT2D eigenvalue weighted by Crippen LogP contribution is -2.47. The molecule has 1 aliphatic heterocycles. The first-order valence-electron chi connectivity index (χ1n) is 10.9. The Kier molecular flexibility index (Phi) is 6.57. The van der Waals surface area contributed by atoms with E-state index in [4.69, 9.17) is 4.52 Å². The van der Waals surface area contributed by atoms with Gasteiger partial charge in [-0.15, -0.1) is 0 Å². The van der Waals surface area contributed by atoms with Gasteiger partial charge in [0, 0.05) is 19.1 Å². The van der Waals surface area contributed by atoms with E-state index in [9.17, 15) is 13.2 Å². The molecule has 1 N–H and O–H groups in total. The van der Waals surface area contributed by atoms with Crippen LogP contribution in [0.2, 0.25) is 0 Å². The zero-order valence-corrected chi connectivity index (χ0v) is 18.6. The summed E-state index contributed by atoms with van der Waals surface area (Å²) >= 11 is 0.